The molecule has 1 aromatic rings. The molecule has 0 aliphatic rings. The van der Waals surface area contributed by atoms with Gasteiger partial charge in [0, 0.05) is 20.1 Å². The Hall–Kier alpha value is -1.56. The van der Waals surface area contributed by atoms with Gasteiger partial charge in [0.05, 0.1) is 11.6 Å². The summed E-state index contributed by atoms with van der Waals surface area (Å²) in [7, 11) is 1.60. The van der Waals surface area contributed by atoms with Gasteiger partial charge in [-0.25, -0.2) is 0 Å². The second-order valence-corrected chi connectivity index (χ2v) is 4.86. The summed E-state index contributed by atoms with van der Waals surface area (Å²) < 4.78 is 42.2. The first-order valence-electron chi connectivity index (χ1n) is 6.80. The van der Waals surface area contributed by atoms with Crippen molar-refractivity contribution in [1.82, 2.24) is 5.32 Å². The highest BCUT2D eigenvalue weighted by atomic mass is 19.4. The van der Waals surface area contributed by atoms with Gasteiger partial charge in [-0.2, -0.15) is 13.2 Å². The lowest BCUT2D eigenvalue weighted by atomic mass is 10.1. The molecule has 0 saturated carbocycles. The van der Waals surface area contributed by atoms with Crippen molar-refractivity contribution in [2.24, 2.45) is 0 Å². The Bertz CT molecular complexity index is 443. The molecule has 0 aliphatic carbocycles. The van der Waals surface area contributed by atoms with Crippen LogP contribution in [0.1, 0.15) is 43.4 Å². The van der Waals surface area contributed by atoms with E-state index in [4.69, 9.17) is 4.74 Å². The van der Waals surface area contributed by atoms with Crippen LogP contribution >= 0.6 is 0 Å². The molecule has 0 spiro atoms. The van der Waals surface area contributed by atoms with Crippen LogP contribution in [0.25, 0.3) is 0 Å². The zero-order valence-corrected chi connectivity index (χ0v) is 12.2. The summed E-state index contributed by atoms with van der Waals surface area (Å²) in [6.07, 6.45) is -2.43. The number of carbonyl (C=O) groups is 1. The van der Waals surface area contributed by atoms with Crippen LogP contribution in [-0.4, -0.2) is 19.6 Å². The van der Waals surface area contributed by atoms with Gasteiger partial charge in [0.25, 0.3) is 0 Å². The lowest BCUT2D eigenvalue weighted by Crippen LogP contribution is -2.26. The minimum absolute atomic E-state index is 0.112. The molecule has 21 heavy (non-hydrogen) atoms. The fourth-order valence-electron chi connectivity index (χ4n) is 1.89. The van der Waals surface area contributed by atoms with Crippen molar-refractivity contribution in [3.8, 4) is 0 Å². The second kappa shape index (κ2) is 8.02. The van der Waals surface area contributed by atoms with Gasteiger partial charge in [0.1, 0.15) is 0 Å². The molecule has 1 N–H and O–H groups in total. The lowest BCUT2D eigenvalue weighted by Gasteiger charge is -2.15. The molecule has 1 atom stereocenters. The molecular weight excluding hydrogens is 283 g/mol. The van der Waals surface area contributed by atoms with E-state index in [1.54, 1.807) is 14.0 Å². The van der Waals surface area contributed by atoms with Gasteiger partial charge < -0.3 is 10.1 Å². The Labute approximate surface area is 122 Å². The maximum absolute atomic E-state index is 12.5. The van der Waals surface area contributed by atoms with Gasteiger partial charge in [-0.1, -0.05) is 12.1 Å². The highest BCUT2D eigenvalue weighted by molar-refractivity contribution is 5.76. The summed E-state index contributed by atoms with van der Waals surface area (Å²) in [5.41, 5.74) is -0.0439. The molecule has 0 radical (unpaired) electrons. The summed E-state index contributed by atoms with van der Waals surface area (Å²) in [6, 6.07) is 4.51. The van der Waals surface area contributed by atoms with Crippen LogP contribution in [0.5, 0.6) is 0 Å². The monoisotopic (exact) mass is 303 g/mol. The van der Waals surface area contributed by atoms with Crippen LogP contribution in [0.15, 0.2) is 24.3 Å². The van der Waals surface area contributed by atoms with Crippen LogP contribution in [0.4, 0.5) is 13.2 Å². The van der Waals surface area contributed by atoms with E-state index in [-0.39, 0.29) is 11.9 Å². The summed E-state index contributed by atoms with van der Waals surface area (Å²) in [5, 5.41) is 2.77. The molecule has 0 aromatic heterocycles. The standard InChI is InChI=1S/C15H20F3NO2/c1-11(19-14(20)5-3-4-10-21-2)12-6-8-13(9-7-12)15(16,17)18/h6-9,11H,3-5,10H2,1-2H3,(H,19,20). The van der Waals surface area contributed by atoms with E-state index < -0.39 is 11.7 Å². The van der Waals surface area contributed by atoms with Gasteiger partial charge in [0.2, 0.25) is 5.91 Å². The topological polar surface area (TPSA) is 38.3 Å². The molecule has 0 fully saturated rings. The van der Waals surface area contributed by atoms with Gasteiger partial charge in [0.15, 0.2) is 0 Å². The van der Waals surface area contributed by atoms with Crippen LogP contribution in [0.2, 0.25) is 0 Å². The van der Waals surface area contributed by atoms with E-state index in [0.29, 0.717) is 18.6 Å². The Balaban J connectivity index is 2.48. The third-order valence-electron chi connectivity index (χ3n) is 3.12. The quantitative estimate of drug-likeness (QED) is 0.780. The van der Waals surface area contributed by atoms with Crippen molar-refractivity contribution >= 4 is 5.91 Å². The molecule has 6 heteroatoms. The molecule has 1 rings (SSSR count). The fourth-order valence-corrected chi connectivity index (χ4v) is 1.89. The average molecular weight is 303 g/mol. The van der Waals surface area contributed by atoms with E-state index >= 15 is 0 Å². The van der Waals surface area contributed by atoms with Crippen molar-refractivity contribution < 1.29 is 22.7 Å². The Morgan fingerprint density at radius 1 is 1.24 bits per heavy atom. The Morgan fingerprint density at radius 3 is 2.38 bits per heavy atom. The molecule has 1 aromatic carbocycles. The van der Waals surface area contributed by atoms with E-state index in [2.05, 4.69) is 5.32 Å². The number of amides is 1. The number of halogens is 3. The maximum atomic E-state index is 12.5. The fraction of sp³-hybridized carbons (Fsp3) is 0.533. The van der Waals surface area contributed by atoms with Gasteiger partial charge >= 0.3 is 6.18 Å². The number of hydrogen-bond donors (Lipinski definition) is 1. The maximum Gasteiger partial charge on any atom is 0.416 e. The number of carbonyl (C=O) groups excluding carboxylic acids is 1. The molecule has 1 unspecified atom stereocenters. The number of methoxy groups -OCH3 is 1. The average Bonchev–Trinajstić information content (AvgIpc) is 2.43. The summed E-state index contributed by atoms with van der Waals surface area (Å²) in [6.45, 7) is 2.36. The minimum atomic E-state index is -4.34. The molecule has 0 heterocycles. The van der Waals surface area contributed by atoms with Crippen LogP contribution < -0.4 is 5.32 Å². The number of benzene rings is 1. The lowest BCUT2D eigenvalue weighted by molar-refractivity contribution is -0.137. The van der Waals surface area contributed by atoms with Crippen molar-refractivity contribution in [3.05, 3.63) is 35.4 Å². The minimum Gasteiger partial charge on any atom is -0.385 e. The Kier molecular flexibility index (Phi) is 6.68. The smallest absolute Gasteiger partial charge is 0.385 e. The summed E-state index contributed by atoms with van der Waals surface area (Å²) >= 11 is 0. The number of rotatable bonds is 7. The van der Waals surface area contributed by atoms with Crippen LogP contribution in [0, 0.1) is 0 Å². The molecule has 1 amide bonds. The van der Waals surface area contributed by atoms with E-state index in [1.807, 2.05) is 0 Å². The summed E-state index contributed by atoms with van der Waals surface area (Å²) in [4.78, 5) is 11.7. The van der Waals surface area contributed by atoms with E-state index in [9.17, 15) is 18.0 Å². The number of nitrogens with one attached hydrogen (secondary N) is 1. The molecule has 3 nitrogen and oxygen atoms in total. The molecule has 0 bridgehead atoms. The number of alkyl halides is 3. The third kappa shape index (κ3) is 6.16. The predicted molar refractivity (Wildman–Crippen MR) is 73.7 cm³/mol. The first-order valence-corrected chi connectivity index (χ1v) is 6.80. The van der Waals surface area contributed by atoms with Crippen molar-refractivity contribution in [3.63, 3.8) is 0 Å². The number of ether oxygens (including phenoxy) is 1. The second-order valence-electron chi connectivity index (χ2n) is 4.86. The van der Waals surface area contributed by atoms with E-state index in [0.717, 1.165) is 25.0 Å². The highest BCUT2D eigenvalue weighted by Gasteiger charge is 2.30. The van der Waals surface area contributed by atoms with Crippen LogP contribution in [0.3, 0.4) is 0 Å². The largest absolute Gasteiger partial charge is 0.416 e. The highest BCUT2D eigenvalue weighted by Crippen LogP contribution is 2.29. The first-order chi connectivity index (χ1) is 9.84. The molecule has 0 aliphatic heterocycles. The van der Waals surface area contributed by atoms with Crippen molar-refractivity contribution in [1.29, 1.82) is 0 Å². The normalized spacial score (nSPS) is 13.0. The van der Waals surface area contributed by atoms with Crippen LogP contribution in [-0.2, 0) is 15.7 Å². The SMILES string of the molecule is COCCCCC(=O)NC(C)c1ccc(C(F)(F)F)cc1. The first kappa shape index (κ1) is 17.5. The number of unbranched alkanes of at least 4 members (excludes halogenated alkanes) is 1. The Morgan fingerprint density at radius 2 is 1.86 bits per heavy atom. The van der Waals surface area contributed by atoms with E-state index in [1.165, 1.54) is 12.1 Å². The molecule has 118 valence electrons. The predicted octanol–water partition coefficient (Wildman–Crippen LogP) is 3.70. The van der Waals surface area contributed by atoms with Crippen molar-refractivity contribution in [2.75, 3.05) is 13.7 Å². The van der Waals surface area contributed by atoms with Gasteiger partial charge in [-0.05, 0) is 37.5 Å². The zero-order valence-electron chi connectivity index (χ0n) is 12.2. The number of hydrogen-bond acceptors (Lipinski definition) is 2. The molecule has 0 saturated heterocycles. The zero-order chi connectivity index (χ0) is 15.9. The van der Waals surface area contributed by atoms with Gasteiger partial charge in [-0.15, -0.1) is 0 Å². The van der Waals surface area contributed by atoms with Crippen molar-refractivity contribution in [2.45, 2.75) is 38.4 Å². The molecular formula is C15H20F3NO2. The summed E-state index contributed by atoms with van der Waals surface area (Å²) in [5.74, 6) is -0.112. The van der Waals surface area contributed by atoms with Gasteiger partial charge in [-0.3, -0.25) is 4.79 Å². The third-order valence-corrected chi connectivity index (χ3v) is 3.12.